The highest BCUT2D eigenvalue weighted by atomic mass is 16.6. The standard InChI is InChI=1S/C8H12O4/c1-11-8(10)4-2-5(9)7-6(3-4)12-7/h4-7,9H,2-3H2,1H3/t4-,5+,6-,7+/m0/s1. The third-order valence-electron chi connectivity index (χ3n) is 2.58. The summed E-state index contributed by atoms with van der Waals surface area (Å²) in [6.45, 7) is 0. The number of epoxide rings is 1. The second-order valence-corrected chi connectivity index (χ2v) is 3.40. The van der Waals surface area contributed by atoms with Gasteiger partial charge in [-0.3, -0.25) is 4.79 Å². The Balaban J connectivity index is 1.96. The van der Waals surface area contributed by atoms with Crippen molar-refractivity contribution in [2.24, 2.45) is 5.92 Å². The van der Waals surface area contributed by atoms with Crippen molar-refractivity contribution >= 4 is 5.97 Å². The average Bonchev–Trinajstić information content (AvgIpc) is 2.82. The lowest BCUT2D eigenvalue weighted by Crippen LogP contribution is -2.32. The quantitative estimate of drug-likeness (QED) is 0.435. The molecule has 0 bridgehead atoms. The maximum Gasteiger partial charge on any atom is 0.308 e. The summed E-state index contributed by atoms with van der Waals surface area (Å²) in [5, 5.41) is 9.40. The first-order valence-electron chi connectivity index (χ1n) is 4.13. The van der Waals surface area contributed by atoms with Gasteiger partial charge in [0.05, 0.1) is 25.2 Å². The summed E-state index contributed by atoms with van der Waals surface area (Å²) >= 11 is 0. The van der Waals surface area contributed by atoms with Gasteiger partial charge < -0.3 is 14.6 Å². The topological polar surface area (TPSA) is 59.1 Å². The number of rotatable bonds is 1. The normalized spacial score (nSPS) is 44.8. The van der Waals surface area contributed by atoms with E-state index in [1.54, 1.807) is 0 Å². The second kappa shape index (κ2) is 2.71. The molecule has 68 valence electrons. The number of carbonyl (C=O) groups excluding carboxylic acids is 1. The summed E-state index contributed by atoms with van der Waals surface area (Å²) in [5.74, 6) is -0.406. The number of aliphatic hydroxyl groups excluding tert-OH is 1. The fourth-order valence-corrected chi connectivity index (χ4v) is 1.85. The van der Waals surface area contributed by atoms with Gasteiger partial charge in [0, 0.05) is 0 Å². The zero-order valence-corrected chi connectivity index (χ0v) is 6.90. The molecule has 1 saturated carbocycles. The minimum atomic E-state index is -0.479. The third-order valence-corrected chi connectivity index (χ3v) is 2.58. The van der Waals surface area contributed by atoms with Crippen molar-refractivity contribution in [3.63, 3.8) is 0 Å². The van der Waals surface area contributed by atoms with Gasteiger partial charge in [0.2, 0.25) is 0 Å². The van der Waals surface area contributed by atoms with E-state index in [4.69, 9.17) is 4.74 Å². The Kier molecular flexibility index (Phi) is 1.81. The highest BCUT2D eigenvalue weighted by Gasteiger charge is 2.51. The van der Waals surface area contributed by atoms with Crippen molar-refractivity contribution in [1.29, 1.82) is 0 Å². The van der Waals surface area contributed by atoms with Gasteiger partial charge in [-0.2, -0.15) is 0 Å². The highest BCUT2D eigenvalue weighted by molar-refractivity contribution is 5.72. The molecule has 2 rings (SSSR count). The summed E-state index contributed by atoms with van der Waals surface area (Å²) in [7, 11) is 1.37. The summed E-state index contributed by atoms with van der Waals surface area (Å²) in [5.41, 5.74) is 0. The van der Waals surface area contributed by atoms with Gasteiger partial charge >= 0.3 is 5.97 Å². The van der Waals surface area contributed by atoms with Gasteiger partial charge in [0.1, 0.15) is 6.10 Å². The number of methoxy groups -OCH3 is 1. The molecule has 0 radical (unpaired) electrons. The molecule has 1 aliphatic heterocycles. The molecule has 0 spiro atoms. The Morgan fingerprint density at radius 3 is 2.92 bits per heavy atom. The number of hydrogen-bond donors (Lipinski definition) is 1. The average molecular weight is 172 g/mol. The minimum Gasteiger partial charge on any atom is -0.469 e. The van der Waals surface area contributed by atoms with Crippen LogP contribution >= 0.6 is 0 Å². The first-order chi connectivity index (χ1) is 5.72. The lowest BCUT2D eigenvalue weighted by molar-refractivity contribution is -0.147. The molecular weight excluding hydrogens is 160 g/mol. The predicted molar refractivity (Wildman–Crippen MR) is 39.4 cm³/mol. The summed E-state index contributed by atoms with van der Waals surface area (Å²) in [6, 6.07) is 0. The van der Waals surface area contributed by atoms with Crippen molar-refractivity contribution in [2.45, 2.75) is 31.2 Å². The summed E-state index contributed by atoms with van der Waals surface area (Å²) in [4.78, 5) is 11.1. The Hall–Kier alpha value is -0.610. The lowest BCUT2D eigenvalue weighted by Gasteiger charge is -2.20. The molecule has 1 heterocycles. The van der Waals surface area contributed by atoms with Crippen LogP contribution in [0, 0.1) is 5.92 Å². The number of ether oxygens (including phenoxy) is 2. The molecule has 1 N–H and O–H groups in total. The SMILES string of the molecule is COC(=O)[C@H]1C[C@@H](O)[C@H]2O[C@H]2C1. The molecule has 0 amide bonds. The van der Waals surface area contributed by atoms with Gasteiger partial charge in [-0.1, -0.05) is 0 Å². The lowest BCUT2D eigenvalue weighted by atomic mass is 9.87. The molecule has 2 aliphatic rings. The molecule has 12 heavy (non-hydrogen) atoms. The summed E-state index contributed by atoms with van der Waals surface area (Å²) in [6.07, 6.45) is 0.791. The maximum absolute atomic E-state index is 11.1. The largest absolute Gasteiger partial charge is 0.469 e. The van der Waals surface area contributed by atoms with E-state index < -0.39 is 6.10 Å². The number of hydrogen-bond acceptors (Lipinski definition) is 4. The zero-order chi connectivity index (χ0) is 8.72. The van der Waals surface area contributed by atoms with E-state index in [2.05, 4.69) is 4.74 Å². The molecule has 0 aromatic carbocycles. The van der Waals surface area contributed by atoms with E-state index >= 15 is 0 Å². The van der Waals surface area contributed by atoms with Gasteiger partial charge in [0.15, 0.2) is 0 Å². The van der Waals surface area contributed by atoms with Crippen molar-refractivity contribution in [1.82, 2.24) is 0 Å². The molecule has 4 nitrogen and oxygen atoms in total. The van der Waals surface area contributed by atoms with Crippen LogP contribution in [-0.4, -0.2) is 36.5 Å². The monoisotopic (exact) mass is 172 g/mol. The first-order valence-corrected chi connectivity index (χ1v) is 4.13. The Morgan fingerprint density at radius 1 is 1.58 bits per heavy atom. The van der Waals surface area contributed by atoms with Gasteiger partial charge in [-0.15, -0.1) is 0 Å². The Labute approximate surface area is 70.5 Å². The first kappa shape index (κ1) is 8.01. The van der Waals surface area contributed by atoms with Crippen LogP contribution in [0.5, 0.6) is 0 Å². The van der Waals surface area contributed by atoms with Crippen molar-refractivity contribution in [3.05, 3.63) is 0 Å². The van der Waals surface area contributed by atoms with E-state index in [1.165, 1.54) is 7.11 Å². The zero-order valence-electron chi connectivity index (χ0n) is 6.90. The van der Waals surface area contributed by atoms with Gasteiger partial charge in [-0.05, 0) is 12.8 Å². The molecule has 0 unspecified atom stereocenters. The fraction of sp³-hybridized carbons (Fsp3) is 0.875. The van der Waals surface area contributed by atoms with E-state index in [0.29, 0.717) is 12.8 Å². The molecule has 4 atom stereocenters. The van der Waals surface area contributed by atoms with Crippen LogP contribution in [0.25, 0.3) is 0 Å². The molecule has 1 saturated heterocycles. The Bertz CT molecular complexity index is 203. The van der Waals surface area contributed by atoms with Crippen molar-refractivity contribution in [2.75, 3.05) is 7.11 Å². The number of fused-ring (bicyclic) bond motifs is 1. The van der Waals surface area contributed by atoms with Crippen LogP contribution in [-0.2, 0) is 14.3 Å². The van der Waals surface area contributed by atoms with E-state index in [1.807, 2.05) is 0 Å². The third kappa shape index (κ3) is 1.21. The molecule has 0 aromatic heterocycles. The molecular formula is C8H12O4. The van der Waals surface area contributed by atoms with Crippen LogP contribution in [0.2, 0.25) is 0 Å². The van der Waals surface area contributed by atoms with E-state index in [-0.39, 0.29) is 24.1 Å². The summed E-state index contributed by atoms with van der Waals surface area (Å²) < 4.78 is 9.76. The van der Waals surface area contributed by atoms with Crippen LogP contribution in [0.1, 0.15) is 12.8 Å². The number of esters is 1. The van der Waals surface area contributed by atoms with Gasteiger partial charge in [-0.25, -0.2) is 0 Å². The highest BCUT2D eigenvalue weighted by Crippen LogP contribution is 2.39. The molecule has 2 fully saturated rings. The smallest absolute Gasteiger partial charge is 0.308 e. The van der Waals surface area contributed by atoms with Gasteiger partial charge in [0.25, 0.3) is 0 Å². The molecule has 1 aliphatic carbocycles. The molecule has 0 aromatic rings. The Morgan fingerprint density at radius 2 is 2.33 bits per heavy atom. The molecule has 4 heteroatoms. The van der Waals surface area contributed by atoms with Crippen LogP contribution in [0.15, 0.2) is 0 Å². The number of aliphatic hydroxyl groups is 1. The van der Waals surface area contributed by atoms with Crippen LogP contribution in [0.3, 0.4) is 0 Å². The van der Waals surface area contributed by atoms with Crippen molar-refractivity contribution < 1.29 is 19.4 Å². The minimum absolute atomic E-state index is 0.00842. The number of carbonyl (C=O) groups is 1. The van der Waals surface area contributed by atoms with Crippen LogP contribution < -0.4 is 0 Å². The van der Waals surface area contributed by atoms with E-state index in [9.17, 15) is 9.90 Å². The van der Waals surface area contributed by atoms with Crippen LogP contribution in [0.4, 0.5) is 0 Å². The maximum atomic E-state index is 11.1. The second-order valence-electron chi connectivity index (χ2n) is 3.40. The van der Waals surface area contributed by atoms with E-state index in [0.717, 1.165) is 0 Å². The van der Waals surface area contributed by atoms with Crippen molar-refractivity contribution in [3.8, 4) is 0 Å². The predicted octanol–water partition coefficient (Wildman–Crippen LogP) is -0.302. The fourth-order valence-electron chi connectivity index (χ4n) is 1.85.